The monoisotopic (exact) mass is 488 g/mol. The van der Waals surface area contributed by atoms with Gasteiger partial charge in [0, 0.05) is 6.54 Å². The van der Waals surface area contributed by atoms with Gasteiger partial charge in [0.2, 0.25) is 10.0 Å². The van der Waals surface area contributed by atoms with E-state index in [9.17, 15) is 22.8 Å². The van der Waals surface area contributed by atoms with E-state index in [1.807, 2.05) is 19.2 Å². The Bertz CT molecular complexity index is 925. The van der Waals surface area contributed by atoms with Crippen molar-refractivity contribution in [3.8, 4) is 0 Å². The van der Waals surface area contributed by atoms with Gasteiger partial charge in [0.15, 0.2) is 6.61 Å². The van der Waals surface area contributed by atoms with Crippen molar-refractivity contribution in [1.82, 2.24) is 4.31 Å². The second-order valence-corrected chi connectivity index (χ2v) is 10.9. The van der Waals surface area contributed by atoms with E-state index in [0.29, 0.717) is 42.2 Å². The summed E-state index contributed by atoms with van der Waals surface area (Å²) in [5.74, 6) is -1.59. The Morgan fingerprint density at radius 3 is 2.59 bits per heavy atom. The average Bonchev–Trinajstić information content (AvgIpc) is 3.34. The molecule has 2 heterocycles. The van der Waals surface area contributed by atoms with Gasteiger partial charge in [-0.3, -0.25) is 9.59 Å². The second kappa shape index (κ2) is 11.8. The summed E-state index contributed by atoms with van der Waals surface area (Å²) in [6.07, 6.45) is 2.02. The number of hydrogen-bond donors (Lipinski definition) is 1. The maximum Gasteiger partial charge on any atom is 0.341 e. The van der Waals surface area contributed by atoms with Crippen LogP contribution in [0.4, 0.5) is 5.00 Å². The molecule has 1 aromatic heterocycles. The molecule has 0 radical (unpaired) electrons. The molecule has 0 spiro atoms. The molecule has 1 aliphatic heterocycles. The van der Waals surface area contributed by atoms with E-state index in [-0.39, 0.29) is 18.9 Å². The number of nitrogens with one attached hydrogen (secondary N) is 1. The van der Waals surface area contributed by atoms with Crippen molar-refractivity contribution < 1.29 is 32.3 Å². The van der Waals surface area contributed by atoms with Gasteiger partial charge in [0.05, 0.1) is 17.9 Å². The standard InChI is InChI=1S/C21H32N2O7S2/c1-5-10-32(27,28)23-9-7-8-16(23)20(25)30-12-17(24)22-19-18(21(26)29-6-2)15(13-31-19)11-14(3)4/h13-14,16H,5-12H2,1-4H3,(H,22,24). The zero-order valence-electron chi connectivity index (χ0n) is 19.0. The Kier molecular flexibility index (Phi) is 9.65. The highest BCUT2D eigenvalue weighted by Gasteiger charge is 2.39. The maximum absolute atomic E-state index is 12.5. The number of nitrogens with zero attached hydrogens (tertiary/aromatic N) is 1. The summed E-state index contributed by atoms with van der Waals surface area (Å²) in [6.45, 7) is 7.42. The van der Waals surface area contributed by atoms with Crippen LogP contribution >= 0.6 is 11.3 Å². The van der Waals surface area contributed by atoms with E-state index in [2.05, 4.69) is 5.32 Å². The summed E-state index contributed by atoms with van der Waals surface area (Å²) in [4.78, 5) is 37.3. The summed E-state index contributed by atoms with van der Waals surface area (Å²) in [5.41, 5.74) is 1.11. The Labute approximate surface area is 193 Å². The zero-order valence-corrected chi connectivity index (χ0v) is 20.6. The van der Waals surface area contributed by atoms with Gasteiger partial charge in [0.25, 0.3) is 5.91 Å². The van der Waals surface area contributed by atoms with E-state index >= 15 is 0 Å². The third-order valence-electron chi connectivity index (χ3n) is 4.87. The molecule has 32 heavy (non-hydrogen) atoms. The van der Waals surface area contributed by atoms with E-state index < -0.39 is 40.5 Å². The summed E-state index contributed by atoms with van der Waals surface area (Å²) in [7, 11) is -3.54. The molecule has 180 valence electrons. The summed E-state index contributed by atoms with van der Waals surface area (Å²) >= 11 is 1.21. The number of rotatable bonds is 11. The molecule has 1 amide bonds. The van der Waals surface area contributed by atoms with Gasteiger partial charge < -0.3 is 14.8 Å². The van der Waals surface area contributed by atoms with Gasteiger partial charge >= 0.3 is 11.9 Å². The van der Waals surface area contributed by atoms with Crippen LogP contribution < -0.4 is 5.32 Å². The number of hydrogen-bond acceptors (Lipinski definition) is 8. The van der Waals surface area contributed by atoms with Crippen LogP contribution in [0.15, 0.2) is 5.38 Å². The van der Waals surface area contributed by atoms with Crippen molar-refractivity contribution in [3.05, 3.63) is 16.5 Å². The number of carbonyl (C=O) groups is 3. The van der Waals surface area contributed by atoms with Gasteiger partial charge in [-0.2, -0.15) is 4.31 Å². The molecule has 1 aliphatic rings. The number of carbonyl (C=O) groups excluding carboxylic acids is 3. The minimum atomic E-state index is -3.54. The highest BCUT2D eigenvalue weighted by molar-refractivity contribution is 7.89. The summed E-state index contributed by atoms with van der Waals surface area (Å²) in [6, 6.07) is -0.908. The van der Waals surface area contributed by atoms with Gasteiger partial charge in [-0.1, -0.05) is 20.8 Å². The van der Waals surface area contributed by atoms with Crippen LogP contribution in [0.2, 0.25) is 0 Å². The molecule has 1 aromatic rings. The minimum absolute atomic E-state index is 0.0367. The first-order valence-corrected chi connectivity index (χ1v) is 13.3. The van der Waals surface area contributed by atoms with Crippen LogP contribution in [-0.2, 0) is 35.5 Å². The lowest BCUT2D eigenvalue weighted by Crippen LogP contribution is -2.43. The minimum Gasteiger partial charge on any atom is -0.462 e. The molecule has 1 saturated heterocycles. The number of thiophene rings is 1. The van der Waals surface area contributed by atoms with Crippen LogP contribution in [0.5, 0.6) is 0 Å². The smallest absolute Gasteiger partial charge is 0.341 e. The quantitative estimate of drug-likeness (QED) is 0.476. The molecule has 0 aliphatic carbocycles. The molecular weight excluding hydrogens is 456 g/mol. The van der Waals surface area contributed by atoms with Crippen LogP contribution in [0, 0.1) is 5.92 Å². The summed E-state index contributed by atoms with van der Waals surface area (Å²) in [5, 5.41) is 4.77. The SMILES string of the molecule is CCCS(=O)(=O)N1CCCC1C(=O)OCC(=O)Nc1scc(CC(C)C)c1C(=O)OCC. The van der Waals surface area contributed by atoms with Gasteiger partial charge in [0.1, 0.15) is 11.0 Å². The Balaban J connectivity index is 2.03. The fourth-order valence-corrected chi connectivity index (χ4v) is 6.30. The van der Waals surface area contributed by atoms with Crippen molar-refractivity contribution in [2.45, 2.75) is 59.4 Å². The molecule has 1 atom stereocenters. The third-order valence-corrected chi connectivity index (χ3v) is 7.89. The van der Waals surface area contributed by atoms with Crippen molar-refractivity contribution >= 4 is 44.2 Å². The number of sulfonamides is 1. The fraction of sp³-hybridized carbons (Fsp3) is 0.667. The van der Waals surface area contributed by atoms with Crippen LogP contribution in [0.1, 0.15) is 62.9 Å². The van der Waals surface area contributed by atoms with Crippen LogP contribution in [0.3, 0.4) is 0 Å². The molecular formula is C21H32N2O7S2. The lowest BCUT2D eigenvalue weighted by Gasteiger charge is -2.22. The van der Waals surface area contributed by atoms with Gasteiger partial charge in [-0.15, -0.1) is 11.3 Å². The topological polar surface area (TPSA) is 119 Å². The molecule has 1 unspecified atom stereocenters. The normalized spacial score (nSPS) is 16.8. The highest BCUT2D eigenvalue weighted by Crippen LogP contribution is 2.31. The predicted molar refractivity (Wildman–Crippen MR) is 122 cm³/mol. The third kappa shape index (κ3) is 6.76. The van der Waals surface area contributed by atoms with Gasteiger partial charge in [-0.05, 0) is 49.5 Å². The number of ether oxygens (including phenoxy) is 2. The first-order chi connectivity index (χ1) is 15.1. The maximum atomic E-state index is 12.5. The fourth-order valence-electron chi connectivity index (χ4n) is 3.58. The Hall–Kier alpha value is -1.98. The number of anilines is 1. The first-order valence-electron chi connectivity index (χ1n) is 10.8. The Morgan fingerprint density at radius 1 is 1.25 bits per heavy atom. The zero-order chi connectivity index (χ0) is 23.9. The first kappa shape index (κ1) is 26.3. The second-order valence-electron chi connectivity index (χ2n) is 8.02. The molecule has 0 saturated carbocycles. The predicted octanol–water partition coefficient (Wildman–Crippen LogP) is 2.81. The number of amides is 1. The van der Waals surface area contributed by atoms with Crippen molar-refractivity contribution in [1.29, 1.82) is 0 Å². The molecule has 1 N–H and O–H groups in total. The molecule has 0 aromatic carbocycles. The highest BCUT2D eigenvalue weighted by atomic mass is 32.2. The van der Waals surface area contributed by atoms with Crippen LogP contribution in [-0.4, -0.2) is 62.1 Å². The van der Waals surface area contributed by atoms with Crippen LogP contribution in [0.25, 0.3) is 0 Å². The lowest BCUT2D eigenvalue weighted by molar-refractivity contribution is -0.150. The van der Waals surface area contributed by atoms with E-state index in [0.717, 1.165) is 5.56 Å². The van der Waals surface area contributed by atoms with E-state index in [1.54, 1.807) is 13.8 Å². The molecule has 0 bridgehead atoms. The summed E-state index contributed by atoms with van der Waals surface area (Å²) < 4.78 is 36.1. The Morgan fingerprint density at radius 2 is 1.97 bits per heavy atom. The largest absolute Gasteiger partial charge is 0.462 e. The molecule has 9 nitrogen and oxygen atoms in total. The average molecular weight is 489 g/mol. The van der Waals surface area contributed by atoms with E-state index in [4.69, 9.17) is 9.47 Å². The van der Waals surface area contributed by atoms with Gasteiger partial charge in [-0.25, -0.2) is 13.2 Å². The van der Waals surface area contributed by atoms with Crippen molar-refractivity contribution in [2.24, 2.45) is 5.92 Å². The molecule has 2 rings (SSSR count). The molecule has 11 heteroatoms. The lowest BCUT2D eigenvalue weighted by atomic mass is 10.0. The number of esters is 2. The van der Waals surface area contributed by atoms with Crippen molar-refractivity contribution in [3.63, 3.8) is 0 Å². The van der Waals surface area contributed by atoms with Crippen molar-refractivity contribution in [2.75, 3.05) is 30.8 Å². The molecule has 1 fully saturated rings. The van der Waals surface area contributed by atoms with E-state index in [1.165, 1.54) is 15.6 Å².